The molecule has 1 saturated heterocycles. The van der Waals surface area contributed by atoms with Gasteiger partial charge in [0, 0.05) is 58.8 Å². The molecule has 2 aromatic rings. The highest BCUT2D eigenvalue weighted by atomic mass is 35.5. The van der Waals surface area contributed by atoms with Gasteiger partial charge in [-0.2, -0.15) is 0 Å². The summed E-state index contributed by atoms with van der Waals surface area (Å²) in [5, 5.41) is 3.29. The summed E-state index contributed by atoms with van der Waals surface area (Å²) in [6.45, 7) is 7.65. The summed E-state index contributed by atoms with van der Waals surface area (Å²) >= 11 is 6.27. The van der Waals surface area contributed by atoms with Gasteiger partial charge >= 0.3 is 0 Å². The van der Waals surface area contributed by atoms with E-state index in [1.807, 2.05) is 20.8 Å². The number of ether oxygens (including phenoxy) is 1. The summed E-state index contributed by atoms with van der Waals surface area (Å²) in [4.78, 5) is 30.4. The fourth-order valence-corrected chi connectivity index (χ4v) is 3.86. The van der Waals surface area contributed by atoms with Crippen LogP contribution in [0.25, 0.3) is 0 Å². The van der Waals surface area contributed by atoms with Gasteiger partial charge in [-0.1, -0.05) is 11.6 Å². The van der Waals surface area contributed by atoms with Crippen molar-refractivity contribution in [2.24, 2.45) is 0 Å². The Morgan fingerprint density at radius 2 is 1.93 bits per heavy atom. The topological polar surface area (TPSA) is 74.4 Å². The molecule has 0 unspecified atom stereocenters. The highest BCUT2D eigenvalue weighted by Crippen LogP contribution is 2.29. The molecule has 0 atom stereocenters. The monoisotopic (exact) mass is 417 g/mol. The number of nitrogens with zero attached hydrogens (tertiary/aromatic N) is 1. The molecule has 2 N–H and O–H groups in total. The van der Waals surface area contributed by atoms with Gasteiger partial charge < -0.3 is 19.9 Å². The van der Waals surface area contributed by atoms with E-state index in [1.54, 1.807) is 12.1 Å². The quantitative estimate of drug-likeness (QED) is 0.782. The lowest BCUT2D eigenvalue weighted by molar-refractivity contribution is 0.0946. The average Bonchev–Trinajstić information content (AvgIpc) is 2.65. The standard InChI is InChI=1S/C22H28ClN3O3/c1-13-9-20(27)19(15(3)25-13)12-24-22(28)18-10-16(23)11-21(14(18)2)29-17-5-7-26(4)8-6-17/h9-11,17H,5-8,12H2,1-4H3,(H,24,28)(H,25,27). The lowest BCUT2D eigenvalue weighted by Crippen LogP contribution is -2.35. The smallest absolute Gasteiger partial charge is 0.252 e. The Kier molecular flexibility index (Phi) is 6.65. The highest BCUT2D eigenvalue weighted by Gasteiger charge is 2.21. The van der Waals surface area contributed by atoms with E-state index in [0.717, 1.165) is 42.9 Å². The number of benzene rings is 1. The third kappa shape index (κ3) is 5.19. The second-order valence-electron chi connectivity index (χ2n) is 7.80. The van der Waals surface area contributed by atoms with E-state index in [0.29, 0.717) is 21.9 Å². The van der Waals surface area contributed by atoms with Crippen LogP contribution in [0, 0.1) is 20.8 Å². The van der Waals surface area contributed by atoms with Crippen molar-refractivity contribution in [2.45, 2.75) is 46.3 Å². The van der Waals surface area contributed by atoms with E-state index in [2.05, 4.69) is 22.2 Å². The fraction of sp³-hybridized carbons (Fsp3) is 0.455. The number of halogens is 1. The summed E-state index contributed by atoms with van der Waals surface area (Å²) in [5.41, 5.74) is 3.22. The number of hydrogen-bond donors (Lipinski definition) is 2. The molecule has 1 fully saturated rings. The van der Waals surface area contributed by atoms with Gasteiger partial charge in [0.05, 0.1) is 0 Å². The van der Waals surface area contributed by atoms with Crippen molar-refractivity contribution < 1.29 is 9.53 Å². The number of aryl methyl sites for hydroxylation is 2. The van der Waals surface area contributed by atoms with E-state index in [1.165, 1.54) is 6.07 Å². The van der Waals surface area contributed by atoms with E-state index >= 15 is 0 Å². The summed E-state index contributed by atoms with van der Waals surface area (Å²) in [7, 11) is 2.10. The van der Waals surface area contributed by atoms with Crippen LogP contribution in [0.4, 0.5) is 0 Å². The van der Waals surface area contributed by atoms with Gasteiger partial charge in [-0.15, -0.1) is 0 Å². The molecule has 6 nitrogen and oxygen atoms in total. The highest BCUT2D eigenvalue weighted by molar-refractivity contribution is 6.31. The molecular formula is C22H28ClN3O3. The normalized spacial score (nSPS) is 15.3. The predicted molar refractivity (Wildman–Crippen MR) is 115 cm³/mol. The summed E-state index contributed by atoms with van der Waals surface area (Å²) in [6.07, 6.45) is 2.01. The molecule has 1 amide bonds. The Bertz CT molecular complexity index is 963. The molecule has 1 aliphatic heterocycles. The molecule has 0 bridgehead atoms. The zero-order chi connectivity index (χ0) is 21.1. The first-order valence-electron chi connectivity index (χ1n) is 9.87. The number of amides is 1. The maximum atomic E-state index is 12.8. The first-order valence-corrected chi connectivity index (χ1v) is 10.3. The van der Waals surface area contributed by atoms with Crippen LogP contribution in [0.2, 0.25) is 5.02 Å². The molecule has 7 heteroatoms. The second-order valence-corrected chi connectivity index (χ2v) is 8.24. The lowest BCUT2D eigenvalue weighted by atomic mass is 10.1. The van der Waals surface area contributed by atoms with Crippen LogP contribution in [0.15, 0.2) is 23.0 Å². The number of carbonyl (C=O) groups is 1. The molecule has 3 rings (SSSR count). The van der Waals surface area contributed by atoms with Gasteiger partial charge in [0.1, 0.15) is 11.9 Å². The Hall–Kier alpha value is -2.31. The van der Waals surface area contributed by atoms with Gasteiger partial charge in [0.25, 0.3) is 5.91 Å². The predicted octanol–water partition coefficient (Wildman–Crippen LogP) is 3.36. The summed E-state index contributed by atoms with van der Waals surface area (Å²) < 4.78 is 6.17. The molecule has 2 heterocycles. The van der Waals surface area contributed by atoms with Crippen molar-refractivity contribution in [3.8, 4) is 5.75 Å². The molecule has 0 aliphatic carbocycles. The van der Waals surface area contributed by atoms with Gasteiger partial charge in [0.15, 0.2) is 5.43 Å². The van der Waals surface area contributed by atoms with Crippen LogP contribution in [0.3, 0.4) is 0 Å². The van der Waals surface area contributed by atoms with Crippen LogP contribution in [-0.4, -0.2) is 42.0 Å². The number of rotatable bonds is 5. The number of aromatic nitrogens is 1. The minimum absolute atomic E-state index is 0.0897. The number of nitrogens with one attached hydrogen (secondary N) is 2. The van der Waals surface area contributed by atoms with E-state index < -0.39 is 0 Å². The molecule has 0 spiro atoms. The number of H-pyrrole nitrogens is 1. The van der Waals surface area contributed by atoms with Crippen molar-refractivity contribution in [3.63, 3.8) is 0 Å². The first-order chi connectivity index (χ1) is 13.7. The Balaban J connectivity index is 1.75. The SMILES string of the molecule is Cc1cc(=O)c(CNC(=O)c2cc(Cl)cc(OC3CCN(C)CC3)c2C)c(C)[nH]1. The number of hydrogen-bond acceptors (Lipinski definition) is 4. The number of aromatic amines is 1. The van der Waals surface area contributed by atoms with Gasteiger partial charge in [0.2, 0.25) is 0 Å². The molecule has 1 aromatic carbocycles. The number of likely N-dealkylation sites (tertiary alicyclic amines) is 1. The first kappa shape index (κ1) is 21.4. The van der Waals surface area contributed by atoms with Crippen molar-refractivity contribution in [2.75, 3.05) is 20.1 Å². The fourth-order valence-electron chi connectivity index (χ4n) is 3.65. The minimum Gasteiger partial charge on any atom is -0.490 e. The number of carbonyl (C=O) groups excluding carboxylic acids is 1. The number of piperidine rings is 1. The molecular weight excluding hydrogens is 390 g/mol. The maximum Gasteiger partial charge on any atom is 0.252 e. The van der Waals surface area contributed by atoms with Crippen LogP contribution in [0.1, 0.15) is 45.7 Å². The Morgan fingerprint density at radius 1 is 1.24 bits per heavy atom. The summed E-state index contributed by atoms with van der Waals surface area (Å²) in [6, 6.07) is 4.94. The zero-order valence-corrected chi connectivity index (χ0v) is 18.2. The molecule has 29 heavy (non-hydrogen) atoms. The third-order valence-electron chi connectivity index (χ3n) is 5.44. The van der Waals surface area contributed by atoms with Crippen molar-refractivity contribution >= 4 is 17.5 Å². The van der Waals surface area contributed by atoms with Gasteiger partial charge in [-0.05, 0) is 52.8 Å². The van der Waals surface area contributed by atoms with Gasteiger partial charge in [-0.25, -0.2) is 0 Å². The Morgan fingerprint density at radius 3 is 2.59 bits per heavy atom. The summed E-state index contributed by atoms with van der Waals surface area (Å²) in [5.74, 6) is 0.360. The van der Waals surface area contributed by atoms with Crippen LogP contribution < -0.4 is 15.5 Å². The van der Waals surface area contributed by atoms with Crippen LogP contribution in [0.5, 0.6) is 5.75 Å². The van der Waals surface area contributed by atoms with E-state index in [-0.39, 0.29) is 24.0 Å². The molecule has 1 aromatic heterocycles. The Labute approximate surface area is 176 Å². The minimum atomic E-state index is -0.280. The van der Waals surface area contributed by atoms with Crippen molar-refractivity contribution in [3.05, 3.63) is 61.5 Å². The molecule has 1 aliphatic rings. The van der Waals surface area contributed by atoms with Crippen molar-refractivity contribution in [1.29, 1.82) is 0 Å². The largest absolute Gasteiger partial charge is 0.490 e. The maximum absolute atomic E-state index is 12.8. The van der Waals surface area contributed by atoms with Gasteiger partial charge in [-0.3, -0.25) is 9.59 Å². The zero-order valence-electron chi connectivity index (χ0n) is 17.4. The van der Waals surface area contributed by atoms with Crippen LogP contribution >= 0.6 is 11.6 Å². The van der Waals surface area contributed by atoms with E-state index in [9.17, 15) is 9.59 Å². The molecule has 0 radical (unpaired) electrons. The van der Waals surface area contributed by atoms with E-state index in [4.69, 9.17) is 16.3 Å². The van der Waals surface area contributed by atoms with Crippen molar-refractivity contribution in [1.82, 2.24) is 15.2 Å². The second kappa shape index (κ2) is 9.01. The average molecular weight is 418 g/mol. The number of pyridine rings is 1. The van der Waals surface area contributed by atoms with Crippen LogP contribution in [-0.2, 0) is 6.54 Å². The molecule has 156 valence electrons. The third-order valence-corrected chi connectivity index (χ3v) is 5.65. The lowest BCUT2D eigenvalue weighted by Gasteiger charge is -2.30. The molecule has 0 saturated carbocycles.